The summed E-state index contributed by atoms with van der Waals surface area (Å²) < 4.78 is 10.2. The number of hydrogen-bond donors (Lipinski definition) is 1. The lowest BCUT2D eigenvalue weighted by Crippen LogP contribution is -2.23. The summed E-state index contributed by atoms with van der Waals surface area (Å²) in [6.07, 6.45) is 5.38. The molecule has 2 saturated carbocycles. The van der Waals surface area contributed by atoms with Gasteiger partial charge in [0.1, 0.15) is 5.75 Å². The molecule has 3 rings (SSSR count). The van der Waals surface area contributed by atoms with Crippen LogP contribution in [0.15, 0.2) is 18.2 Å². The lowest BCUT2D eigenvalue weighted by atomic mass is 9.86. The van der Waals surface area contributed by atoms with Crippen LogP contribution in [0.2, 0.25) is 5.02 Å². The zero-order valence-electron chi connectivity index (χ0n) is 13.7. The number of methoxy groups -OCH3 is 1. The number of ether oxygens (including phenoxy) is 2. The maximum Gasteiger partial charge on any atom is 0.306 e. The maximum atomic E-state index is 11.9. The van der Waals surface area contributed by atoms with E-state index in [1.165, 1.54) is 26.4 Å². The van der Waals surface area contributed by atoms with Crippen LogP contribution >= 0.6 is 11.6 Å². The summed E-state index contributed by atoms with van der Waals surface area (Å²) >= 11 is 6.00. The minimum atomic E-state index is -0.377. The minimum absolute atomic E-state index is 0.275. The molecule has 5 nitrogen and oxygen atoms in total. The van der Waals surface area contributed by atoms with E-state index in [1.807, 2.05) is 0 Å². The van der Waals surface area contributed by atoms with E-state index in [4.69, 9.17) is 21.1 Å². The number of halogens is 1. The van der Waals surface area contributed by atoms with Crippen molar-refractivity contribution in [2.75, 3.05) is 19.0 Å². The van der Waals surface area contributed by atoms with Crippen LogP contribution < -0.4 is 10.1 Å². The highest BCUT2D eigenvalue weighted by Gasteiger charge is 2.40. The number of nitrogens with one attached hydrogen (secondary N) is 1. The quantitative estimate of drug-likeness (QED) is 0.794. The van der Waals surface area contributed by atoms with Crippen LogP contribution in [-0.2, 0) is 14.3 Å². The zero-order chi connectivity index (χ0) is 17.1. The standard InChI is InChI=1S/C18H22ClNO4/c1-23-16-5-4-14(9-15(16)19)20-17(21)10-24-18(22)8-13-7-11-2-3-12(13)6-11/h4-5,9,11-13H,2-3,6-8,10H2,1H3,(H,20,21)/t11-,12-,13+/m1/s1. The first-order valence-corrected chi connectivity index (χ1v) is 8.72. The predicted octanol–water partition coefficient (Wildman–Crippen LogP) is 3.66. The molecule has 0 radical (unpaired) electrons. The van der Waals surface area contributed by atoms with Gasteiger partial charge in [0, 0.05) is 12.1 Å². The van der Waals surface area contributed by atoms with Crippen LogP contribution in [0.1, 0.15) is 32.1 Å². The number of carbonyl (C=O) groups is 2. The first-order chi connectivity index (χ1) is 11.5. The van der Waals surface area contributed by atoms with Gasteiger partial charge >= 0.3 is 5.97 Å². The molecule has 1 amide bonds. The van der Waals surface area contributed by atoms with Crippen LogP contribution in [0.4, 0.5) is 5.69 Å². The Bertz CT molecular complexity index is 633. The Hall–Kier alpha value is -1.75. The van der Waals surface area contributed by atoms with E-state index >= 15 is 0 Å². The Morgan fingerprint density at radius 1 is 1.29 bits per heavy atom. The van der Waals surface area contributed by atoms with Gasteiger partial charge in [-0.25, -0.2) is 0 Å². The molecule has 0 spiro atoms. The molecule has 1 aromatic rings. The zero-order valence-corrected chi connectivity index (χ0v) is 14.5. The number of carbonyl (C=O) groups excluding carboxylic acids is 2. The first kappa shape index (κ1) is 17.1. The molecule has 0 heterocycles. The molecular formula is C18H22ClNO4. The van der Waals surface area contributed by atoms with E-state index in [-0.39, 0.29) is 18.5 Å². The Morgan fingerprint density at radius 2 is 2.12 bits per heavy atom. The first-order valence-electron chi connectivity index (χ1n) is 8.34. The Labute approximate surface area is 146 Å². The lowest BCUT2D eigenvalue weighted by Gasteiger charge is -2.20. The fourth-order valence-electron chi connectivity index (χ4n) is 3.99. The highest BCUT2D eigenvalue weighted by molar-refractivity contribution is 6.32. The molecule has 2 aliphatic rings. The van der Waals surface area contributed by atoms with Crippen molar-refractivity contribution >= 4 is 29.2 Å². The molecule has 0 unspecified atom stereocenters. The average molecular weight is 352 g/mol. The Kier molecular flexibility index (Phi) is 5.29. The number of benzene rings is 1. The fraction of sp³-hybridized carbons (Fsp3) is 0.556. The van der Waals surface area contributed by atoms with E-state index in [0.717, 1.165) is 12.3 Å². The number of rotatable bonds is 6. The normalized spacial score (nSPS) is 24.7. The number of anilines is 1. The van der Waals surface area contributed by atoms with E-state index in [1.54, 1.807) is 18.2 Å². The van der Waals surface area contributed by atoms with E-state index in [2.05, 4.69) is 5.32 Å². The van der Waals surface area contributed by atoms with Crippen molar-refractivity contribution in [2.24, 2.45) is 17.8 Å². The predicted molar refractivity (Wildman–Crippen MR) is 91.1 cm³/mol. The van der Waals surface area contributed by atoms with E-state index in [9.17, 15) is 9.59 Å². The Balaban J connectivity index is 1.42. The topological polar surface area (TPSA) is 64.6 Å². The van der Waals surface area contributed by atoms with Crippen LogP contribution in [0.3, 0.4) is 0 Å². The smallest absolute Gasteiger partial charge is 0.306 e. The molecule has 130 valence electrons. The van der Waals surface area contributed by atoms with Gasteiger partial charge in [0.05, 0.1) is 12.1 Å². The highest BCUT2D eigenvalue weighted by atomic mass is 35.5. The SMILES string of the molecule is COc1ccc(NC(=O)COC(=O)C[C@@H]2C[C@@H]3CC[C@@H]2C3)cc1Cl. The van der Waals surface area contributed by atoms with Gasteiger partial charge in [-0.2, -0.15) is 0 Å². The van der Waals surface area contributed by atoms with Crippen molar-refractivity contribution in [1.82, 2.24) is 0 Å². The van der Waals surface area contributed by atoms with E-state index < -0.39 is 0 Å². The van der Waals surface area contributed by atoms with Crippen molar-refractivity contribution in [2.45, 2.75) is 32.1 Å². The maximum absolute atomic E-state index is 11.9. The third-order valence-electron chi connectivity index (χ3n) is 5.11. The largest absolute Gasteiger partial charge is 0.495 e. The van der Waals surface area contributed by atoms with Gasteiger partial charge in [-0.15, -0.1) is 0 Å². The molecule has 2 fully saturated rings. The minimum Gasteiger partial charge on any atom is -0.495 e. The molecule has 0 aromatic heterocycles. The molecule has 3 atom stereocenters. The molecule has 1 N–H and O–H groups in total. The molecule has 2 bridgehead atoms. The summed E-state index contributed by atoms with van der Waals surface area (Å²) in [6.45, 7) is -0.275. The van der Waals surface area contributed by atoms with Crippen molar-refractivity contribution in [3.05, 3.63) is 23.2 Å². The molecular weight excluding hydrogens is 330 g/mol. The average Bonchev–Trinajstić information content (AvgIpc) is 3.16. The Morgan fingerprint density at radius 3 is 2.75 bits per heavy atom. The molecule has 2 aliphatic carbocycles. The fourth-order valence-corrected chi connectivity index (χ4v) is 4.24. The molecule has 24 heavy (non-hydrogen) atoms. The van der Waals surface area contributed by atoms with Gasteiger partial charge in [0.25, 0.3) is 5.91 Å². The third-order valence-corrected chi connectivity index (χ3v) is 5.41. The summed E-state index contributed by atoms with van der Waals surface area (Å²) in [4.78, 5) is 23.8. The lowest BCUT2D eigenvalue weighted by molar-refractivity contribution is -0.148. The van der Waals surface area contributed by atoms with Crippen LogP contribution in [0, 0.1) is 17.8 Å². The van der Waals surface area contributed by atoms with Gasteiger partial charge < -0.3 is 14.8 Å². The van der Waals surface area contributed by atoms with Gasteiger partial charge in [0.2, 0.25) is 0 Å². The number of esters is 1. The monoisotopic (exact) mass is 351 g/mol. The van der Waals surface area contributed by atoms with Crippen molar-refractivity contribution in [3.8, 4) is 5.75 Å². The van der Waals surface area contributed by atoms with Gasteiger partial charge in [-0.3, -0.25) is 9.59 Å². The summed E-state index contributed by atoms with van der Waals surface area (Å²) in [5, 5.41) is 3.06. The number of hydrogen-bond acceptors (Lipinski definition) is 4. The van der Waals surface area contributed by atoms with Crippen molar-refractivity contribution in [1.29, 1.82) is 0 Å². The van der Waals surface area contributed by atoms with Crippen LogP contribution in [0.25, 0.3) is 0 Å². The molecule has 6 heteroatoms. The van der Waals surface area contributed by atoms with Gasteiger partial charge in [0.15, 0.2) is 6.61 Å². The molecule has 0 aliphatic heterocycles. The summed E-state index contributed by atoms with van der Waals surface area (Å²) in [5.74, 6) is 1.80. The summed E-state index contributed by atoms with van der Waals surface area (Å²) in [7, 11) is 1.52. The van der Waals surface area contributed by atoms with Crippen molar-refractivity contribution in [3.63, 3.8) is 0 Å². The van der Waals surface area contributed by atoms with Gasteiger partial charge in [-0.05, 0) is 55.2 Å². The van der Waals surface area contributed by atoms with Gasteiger partial charge in [-0.1, -0.05) is 18.0 Å². The number of amides is 1. The highest BCUT2D eigenvalue weighted by Crippen LogP contribution is 2.49. The van der Waals surface area contributed by atoms with Crippen molar-refractivity contribution < 1.29 is 19.1 Å². The van der Waals surface area contributed by atoms with E-state index in [0.29, 0.717) is 34.7 Å². The second kappa shape index (κ2) is 7.43. The second-order valence-corrected chi connectivity index (χ2v) is 7.10. The number of fused-ring (bicyclic) bond motifs is 2. The second-order valence-electron chi connectivity index (χ2n) is 6.70. The molecule has 0 saturated heterocycles. The molecule has 1 aromatic carbocycles. The van der Waals surface area contributed by atoms with Crippen LogP contribution in [0.5, 0.6) is 5.75 Å². The van der Waals surface area contributed by atoms with Crippen LogP contribution in [-0.4, -0.2) is 25.6 Å². The summed E-state index contributed by atoms with van der Waals surface area (Å²) in [5.41, 5.74) is 0.537. The third kappa shape index (κ3) is 4.01. The summed E-state index contributed by atoms with van der Waals surface area (Å²) in [6, 6.07) is 4.94.